The highest BCUT2D eigenvalue weighted by Gasteiger charge is 2.15. The van der Waals surface area contributed by atoms with Gasteiger partial charge < -0.3 is 10.8 Å². The van der Waals surface area contributed by atoms with Crippen LogP contribution in [0.15, 0.2) is 41.8 Å². The number of rotatable bonds is 3. The van der Waals surface area contributed by atoms with Crippen LogP contribution in [-0.2, 0) is 6.54 Å². The first-order valence-electron chi connectivity index (χ1n) is 5.77. The average Bonchev–Trinajstić information content (AvgIpc) is 3.07. The number of thiophene rings is 1. The van der Waals surface area contributed by atoms with E-state index in [0.29, 0.717) is 6.54 Å². The SMILES string of the molecule is NCc1nnn(-c2ccc(O)cc2)c1-c1cccs1. The Morgan fingerprint density at radius 1 is 1.21 bits per heavy atom. The number of hydrogen-bond donors (Lipinski definition) is 2. The van der Waals surface area contributed by atoms with Gasteiger partial charge in [-0.15, -0.1) is 16.4 Å². The Hall–Kier alpha value is -2.18. The maximum atomic E-state index is 9.34. The molecule has 0 unspecified atom stereocenters. The highest BCUT2D eigenvalue weighted by molar-refractivity contribution is 7.13. The summed E-state index contributed by atoms with van der Waals surface area (Å²) in [7, 11) is 0. The van der Waals surface area contributed by atoms with Crippen LogP contribution in [0.3, 0.4) is 0 Å². The summed E-state index contributed by atoms with van der Waals surface area (Å²) in [6.07, 6.45) is 0. The molecule has 0 amide bonds. The van der Waals surface area contributed by atoms with E-state index in [1.165, 1.54) is 0 Å². The van der Waals surface area contributed by atoms with Gasteiger partial charge in [0.15, 0.2) is 0 Å². The van der Waals surface area contributed by atoms with E-state index in [2.05, 4.69) is 10.3 Å². The van der Waals surface area contributed by atoms with Gasteiger partial charge in [-0.25, -0.2) is 4.68 Å². The first kappa shape index (κ1) is 11.9. The number of nitrogens with zero attached hydrogens (tertiary/aromatic N) is 3. The summed E-state index contributed by atoms with van der Waals surface area (Å²) in [6, 6.07) is 10.8. The maximum Gasteiger partial charge on any atom is 0.115 e. The normalized spacial score (nSPS) is 10.8. The third-order valence-corrected chi connectivity index (χ3v) is 3.66. The van der Waals surface area contributed by atoms with E-state index in [0.717, 1.165) is 22.0 Å². The number of benzene rings is 1. The number of nitrogens with two attached hydrogens (primary N) is 1. The van der Waals surface area contributed by atoms with E-state index >= 15 is 0 Å². The molecule has 0 bridgehead atoms. The monoisotopic (exact) mass is 272 g/mol. The van der Waals surface area contributed by atoms with Crippen LogP contribution < -0.4 is 5.73 Å². The Morgan fingerprint density at radius 3 is 2.63 bits per heavy atom. The minimum atomic E-state index is 0.223. The lowest BCUT2D eigenvalue weighted by atomic mass is 10.2. The van der Waals surface area contributed by atoms with Crippen LogP contribution in [0.4, 0.5) is 0 Å². The van der Waals surface area contributed by atoms with Gasteiger partial charge >= 0.3 is 0 Å². The molecule has 0 saturated carbocycles. The van der Waals surface area contributed by atoms with Gasteiger partial charge in [0.25, 0.3) is 0 Å². The summed E-state index contributed by atoms with van der Waals surface area (Å²) >= 11 is 1.62. The minimum Gasteiger partial charge on any atom is -0.508 e. The Bertz CT molecular complexity index is 673. The molecule has 0 fully saturated rings. The third kappa shape index (κ3) is 2.11. The zero-order valence-electron chi connectivity index (χ0n) is 10.0. The second-order valence-electron chi connectivity index (χ2n) is 3.99. The van der Waals surface area contributed by atoms with Gasteiger partial charge in [-0.3, -0.25) is 0 Å². The predicted octanol–water partition coefficient (Wildman–Crippen LogP) is 2.16. The van der Waals surface area contributed by atoms with E-state index in [4.69, 9.17) is 5.73 Å². The van der Waals surface area contributed by atoms with Gasteiger partial charge in [0, 0.05) is 6.54 Å². The molecule has 1 aromatic carbocycles. The van der Waals surface area contributed by atoms with E-state index in [1.807, 2.05) is 17.5 Å². The van der Waals surface area contributed by atoms with E-state index in [-0.39, 0.29) is 5.75 Å². The lowest BCUT2D eigenvalue weighted by Gasteiger charge is -2.06. The average molecular weight is 272 g/mol. The molecule has 2 heterocycles. The van der Waals surface area contributed by atoms with Gasteiger partial charge in [-0.1, -0.05) is 11.3 Å². The molecule has 96 valence electrons. The maximum absolute atomic E-state index is 9.34. The van der Waals surface area contributed by atoms with Gasteiger partial charge in [-0.2, -0.15) is 0 Å². The molecule has 0 radical (unpaired) electrons. The van der Waals surface area contributed by atoms with Crippen molar-refractivity contribution in [3.8, 4) is 22.0 Å². The van der Waals surface area contributed by atoms with Crippen molar-refractivity contribution in [1.82, 2.24) is 15.0 Å². The van der Waals surface area contributed by atoms with Crippen LogP contribution in [0.2, 0.25) is 0 Å². The lowest BCUT2D eigenvalue weighted by Crippen LogP contribution is -2.01. The molecule has 3 N–H and O–H groups in total. The zero-order valence-corrected chi connectivity index (χ0v) is 10.8. The zero-order chi connectivity index (χ0) is 13.2. The molecule has 6 heteroatoms. The second kappa shape index (κ2) is 4.83. The number of phenols is 1. The van der Waals surface area contributed by atoms with Gasteiger partial charge in [0.2, 0.25) is 0 Å². The van der Waals surface area contributed by atoms with E-state index in [1.54, 1.807) is 40.3 Å². The molecule has 3 rings (SSSR count). The summed E-state index contributed by atoms with van der Waals surface area (Å²) in [4.78, 5) is 1.07. The Balaban J connectivity index is 2.17. The van der Waals surface area contributed by atoms with Crippen LogP contribution in [0, 0.1) is 0 Å². The van der Waals surface area contributed by atoms with Crippen molar-refractivity contribution in [3.63, 3.8) is 0 Å². The van der Waals surface area contributed by atoms with E-state index in [9.17, 15) is 5.11 Å². The smallest absolute Gasteiger partial charge is 0.115 e. The molecule has 2 aromatic heterocycles. The quantitative estimate of drug-likeness (QED) is 0.766. The van der Waals surface area contributed by atoms with Crippen molar-refractivity contribution >= 4 is 11.3 Å². The fourth-order valence-corrected chi connectivity index (χ4v) is 2.66. The highest BCUT2D eigenvalue weighted by atomic mass is 32.1. The molecule has 0 saturated heterocycles. The van der Waals surface area contributed by atoms with E-state index < -0.39 is 0 Å². The summed E-state index contributed by atoms with van der Waals surface area (Å²) in [6.45, 7) is 0.339. The molecule has 0 aliphatic heterocycles. The topological polar surface area (TPSA) is 77.0 Å². The third-order valence-electron chi connectivity index (χ3n) is 2.78. The van der Waals surface area contributed by atoms with Crippen molar-refractivity contribution in [1.29, 1.82) is 0 Å². The summed E-state index contributed by atoms with van der Waals surface area (Å²) in [5, 5.41) is 19.6. The first-order chi connectivity index (χ1) is 9.29. The molecule has 0 aliphatic rings. The Labute approximate surface area is 113 Å². The number of aromatic nitrogens is 3. The fourth-order valence-electron chi connectivity index (χ4n) is 1.88. The minimum absolute atomic E-state index is 0.223. The summed E-state index contributed by atoms with van der Waals surface area (Å²) in [5.41, 5.74) is 8.23. The van der Waals surface area contributed by atoms with Crippen molar-refractivity contribution in [2.45, 2.75) is 6.54 Å². The largest absolute Gasteiger partial charge is 0.508 e. The highest BCUT2D eigenvalue weighted by Crippen LogP contribution is 2.29. The van der Waals surface area contributed by atoms with Crippen molar-refractivity contribution in [2.75, 3.05) is 0 Å². The van der Waals surface area contributed by atoms with Crippen molar-refractivity contribution in [3.05, 3.63) is 47.5 Å². The van der Waals surface area contributed by atoms with Crippen LogP contribution in [0.1, 0.15) is 5.69 Å². The lowest BCUT2D eigenvalue weighted by molar-refractivity contribution is 0.475. The standard InChI is InChI=1S/C13H12N4OS/c14-8-11-13(12-2-1-7-19-12)17(16-15-11)9-3-5-10(18)6-4-9/h1-7,18H,8,14H2. The van der Waals surface area contributed by atoms with Gasteiger partial charge in [-0.05, 0) is 35.7 Å². The number of hydrogen-bond acceptors (Lipinski definition) is 5. The summed E-state index contributed by atoms with van der Waals surface area (Å²) in [5.74, 6) is 0.223. The molecule has 0 atom stereocenters. The molecular weight excluding hydrogens is 260 g/mol. The van der Waals surface area contributed by atoms with Crippen molar-refractivity contribution < 1.29 is 5.11 Å². The molecule has 19 heavy (non-hydrogen) atoms. The molecular formula is C13H12N4OS. The van der Waals surface area contributed by atoms with Gasteiger partial charge in [0.05, 0.1) is 10.6 Å². The van der Waals surface area contributed by atoms with Crippen molar-refractivity contribution in [2.24, 2.45) is 5.73 Å². The molecule has 5 nitrogen and oxygen atoms in total. The fraction of sp³-hybridized carbons (Fsp3) is 0.0769. The Kier molecular flexibility index (Phi) is 3.02. The summed E-state index contributed by atoms with van der Waals surface area (Å²) < 4.78 is 1.74. The van der Waals surface area contributed by atoms with Crippen LogP contribution in [0.5, 0.6) is 5.75 Å². The van der Waals surface area contributed by atoms with Crippen LogP contribution in [-0.4, -0.2) is 20.1 Å². The van der Waals surface area contributed by atoms with Crippen LogP contribution in [0.25, 0.3) is 16.3 Å². The van der Waals surface area contributed by atoms with Crippen LogP contribution >= 0.6 is 11.3 Å². The molecule has 0 aliphatic carbocycles. The Morgan fingerprint density at radius 2 is 2.00 bits per heavy atom. The number of phenolic OH excluding ortho intramolecular Hbond substituents is 1. The number of aromatic hydroxyl groups is 1. The molecule has 3 aromatic rings. The molecule has 0 spiro atoms. The van der Waals surface area contributed by atoms with Gasteiger partial charge in [0.1, 0.15) is 17.1 Å². The first-order valence-corrected chi connectivity index (χ1v) is 6.65. The second-order valence-corrected chi connectivity index (χ2v) is 4.94. The predicted molar refractivity (Wildman–Crippen MR) is 74.2 cm³/mol.